The Morgan fingerprint density at radius 3 is 2.94 bits per heavy atom. The van der Waals surface area contributed by atoms with Gasteiger partial charge in [-0.05, 0) is 24.6 Å². The van der Waals surface area contributed by atoms with Crippen LogP contribution in [0.3, 0.4) is 0 Å². The monoisotopic (exact) mass is 256 g/mol. The molecule has 1 fully saturated rings. The number of anilines is 1. The molecular weight excluding hydrogens is 244 g/mol. The van der Waals surface area contributed by atoms with Gasteiger partial charge in [0.2, 0.25) is 5.28 Å². The molecule has 2 heterocycles. The van der Waals surface area contributed by atoms with Gasteiger partial charge < -0.3 is 10.0 Å². The average molecular weight is 257 g/mol. The van der Waals surface area contributed by atoms with E-state index in [0.29, 0.717) is 12.4 Å². The average Bonchev–Trinajstić information content (AvgIpc) is 2.56. The second-order valence-corrected chi connectivity index (χ2v) is 4.36. The van der Waals surface area contributed by atoms with Crippen LogP contribution in [0.25, 0.3) is 0 Å². The molecule has 0 bridgehead atoms. The molecular formula is C10H13ClN4O2. The Labute approximate surface area is 104 Å². The topological polar surface area (TPSA) is 69.6 Å². The summed E-state index contributed by atoms with van der Waals surface area (Å²) in [6.07, 6.45) is 0.840. The number of aliphatic hydroxyl groups excluding tert-OH is 1. The van der Waals surface area contributed by atoms with Crippen LogP contribution >= 0.6 is 11.6 Å². The third-order valence-electron chi connectivity index (χ3n) is 2.74. The molecule has 6 nitrogen and oxygen atoms in total. The van der Waals surface area contributed by atoms with E-state index in [2.05, 4.69) is 9.97 Å². The first-order valence-corrected chi connectivity index (χ1v) is 5.59. The third kappa shape index (κ3) is 2.18. The van der Waals surface area contributed by atoms with Gasteiger partial charge in [-0.25, -0.2) is 14.8 Å². The van der Waals surface area contributed by atoms with E-state index >= 15 is 0 Å². The number of hydrogen-bond donors (Lipinski definition) is 1. The molecule has 1 N–H and O–H groups in total. The molecule has 0 aliphatic carbocycles. The Balaban J connectivity index is 2.37. The fourth-order valence-electron chi connectivity index (χ4n) is 1.86. The summed E-state index contributed by atoms with van der Waals surface area (Å²) in [4.78, 5) is 22.7. The molecule has 1 saturated heterocycles. The van der Waals surface area contributed by atoms with Crippen molar-refractivity contribution in [2.24, 2.45) is 0 Å². The highest BCUT2D eigenvalue weighted by Crippen LogP contribution is 2.24. The minimum Gasteiger partial charge on any atom is -0.391 e. The van der Waals surface area contributed by atoms with Crippen molar-refractivity contribution in [3.05, 3.63) is 17.5 Å². The molecule has 0 radical (unpaired) electrons. The summed E-state index contributed by atoms with van der Waals surface area (Å²) in [6, 6.07) is 1.07. The van der Waals surface area contributed by atoms with E-state index < -0.39 is 6.10 Å². The lowest BCUT2D eigenvalue weighted by atomic mass is 10.2. The quantitative estimate of drug-likeness (QED) is 0.793. The number of carbonyl (C=O) groups is 1. The number of halogens is 1. The second-order valence-electron chi connectivity index (χ2n) is 4.02. The fraction of sp³-hybridized carbons (Fsp3) is 0.500. The number of hydrogen-bond acceptors (Lipinski definition) is 4. The Bertz CT molecular complexity index is 440. The molecule has 2 atom stereocenters. The second kappa shape index (κ2) is 4.46. The SMILES string of the molecule is C[C@@H](O)C1CN(C)C(=O)N1c1ccnc(Cl)n1. The van der Waals surface area contributed by atoms with Gasteiger partial charge in [-0.2, -0.15) is 0 Å². The number of aliphatic hydroxyl groups is 1. The van der Waals surface area contributed by atoms with Crippen LogP contribution in [0, 0.1) is 0 Å². The third-order valence-corrected chi connectivity index (χ3v) is 2.92. The minimum atomic E-state index is -0.641. The summed E-state index contributed by atoms with van der Waals surface area (Å²) >= 11 is 5.70. The van der Waals surface area contributed by atoms with Crippen molar-refractivity contribution >= 4 is 23.4 Å². The van der Waals surface area contributed by atoms with E-state index in [1.54, 1.807) is 20.0 Å². The number of carbonyl (C=O) groups excluding carboxylic acids is 1. The van der Waals surface area contributed by atoms with E-state index in [1.807, 2.05) is 0 Å². The van der Waals surface area contributed by atoms with Gasteiger partial charge in [0, 0.05) is 19.8 Å². The van der Waals surface area contributed by atoms with Gasteiger partial charge in [0.05, 0.1) is 12.1 Å². The maximum absolute atomic E-state index is 12.0. The highest BCUT2D eigenvalue weighted by Gasteiger charge is 2.39. The maximum Gasteiger partial charge on any atom is 0.325 e. The summed E-state index contributed by atoms with van der Waals surface area (Å²) in [5.41, 5.74) is 0. The van der Waals surface area contributed by atoms with Crippen molar-refractivity contribution in [3.8, 4) is 0 Å². The number of likely N-dealkylation sites (N-methyl/N-ethyl adjacent to an activating group) is 1. The van der Waals surface area contributed by atoms with Crippen molar-refractivity contribution < 1.29 is 9.90 Å². The Morgan fingerprint density at radius 2 is 2.35 bits per heavy atom. The van der Waals surface area contributed by atoms with Crippen LogP contribution in [0.4, 0.5) is 10.6 Å². The summed E-state index contributed by atoms with van der Waals surface area (Å²) in [5, 5.41) is 9.77. The van der Waals surface area contributed by atoms with E-state index in [1.165, 1.54) is 16.0 Å². The van der Waals surface area contributed by atoms with Crippen molar-refractivity contribution in [2.75, 3.05) is 18.5 Å². The smallest absolute Gasteiger partial charge is 0.325 e. The first-order chi connectivity index (χ1) is 8.00. The van der Waals surface area contributed by atoms with Gasteiger partial charge in [0.1, 0.15) is 5.82 Å². The first-order valence-electron chi connectivity index (χ1n) is 5.21. The normalized spacial score (nSPS) is 22.1. The number of nitrogens with zero attached hydrogens (tertiary/aromatic N) is 4. The Kier molecular flexibility index (Phi) is 3.17. The van der Waals surface area contributed by atoms with Gasteiger partial charge in [-0.15, -0.1) is 0 Å². The van der Waals surface area contributed by atoms with E-state index in [0.717, 1.165) is 0 Å². The van der Waals surface area contributed by atoms with Gasteiger partial charge in [-0.1, -0.05) is 0 Å². The van der Waals surface area contributed by atoms with Gasteiger partial charge in [-0.3, -0.25) is 4.90 Å². The standard InChI is InChI=1S/C10H13ClN4O2/c1-6(16)7-5-14(2)10(17)15(7)8-3-4-12-9(11)13-8/h3-4,6-7,16H,5H2,1-2H3/t6-,7?/m1/s1. The lowest BCUT2D eigenvalue weighted by Gasteiger charge is -2.23. The molecule has 2 amide bonds. The molecule has 1 aliphatic rings. The molecule has 17 heavy (non-hydrogen) atoms. The fourth-order valence-corrected chi connectivity index (χ4v) is 2.01. The number of amides is 2. The maximum atomic E-state index is 12.0. The number of urea groups is 1. The highest BCUT2D eigenvalue weighted by atomic mass is 35.5. The van der Waals surface area contributed by atoms with E-state index in [4.69, 9.17) is 11.6 Å². The number of aromatic nitrogens is 2. The zero-order valence-electron chi connectivity index (χ0n) is 9.54. The largest absolute Gasteiger partial charge is 0.391 e. The summed E-state index contributed by atoms with van der Waals surface area (Å²) < 4.78 is 0. The van der Waals surface area contributed by atoms with Gasteiger partial charge in [0.25, 0.3) is 0 Å². The lowest BCUT2D eigenvalue weighted by Crippen LogP contribution is -2.41. The van der Waals surface area contributed by atoms with Crippen LogP contribution in [0.1, 0.15) is 6.92 Å². The molecule has 1 aromatic heterocycles. The van der Waals surface area contributed by atoms with Gasteiger partial charge >= 0.3 is 6.03 Å². The molecule has 1 unspecified atom stereocenters. The minimum absolute atomic E-state index is 0.0780. The zero-order chi connectivity index (χ0) is 12.6. The van der Waals surface area contributed by atoms with E-state index in [9.17, 15) is 9.90 Å². The van der Waals surface area contributed by atoms with Crippen LogP contribution in [0.5, 0.6) is 0 Å². The molecule has 1 aromatic rings. The summed E-state index contributed by atoms with van der Waals surface area (Å²) in [7, 11) is 1.68. The van der Waals surface area contributed by atoms with Crippen molar-refractivity contribution in [3.63, 3.8) is 0 Å². The Morgan fingerprint density at radius 1 is 1.65 bits per heavy atom. The van der Waals surface area contributed by atoms with E-state index in [-0.39, 0.29) is 17.4 Å². The molecule has 0 saturated carbocycles. The zero-order valence-corrected chi connectivity index (χ0v) is 10.3. The van der Waals surface area contributed by atoms with Crippen molar-refractivity contribution in [1.29, 1.82) is 0 Å². The lowest BCUT2D eigenvalue weighted by molar-refractivity contribution is 0.164. The Hall–Kier alpha value is -1.40. The molecule has 92 valence electrons. The highest BCUT2D eigenvalue weighted by molar-refractivity contribution is 6.28. The summed E-state index contributed by atoms with van der Waals surface area (Å²) in [6.45, 7) is 2.10. The van der Waals surface area contributed by atoms with Crippen LogP contribution in [-0.4, -0.2) is 51.7 Å². The van der Waals surface area contributed by atoms with Crippen LogP contribution in [0.2, 0.25) is 5.28 Å². The van der Waals surface area contributed by atoms with Crippen molar-refractivity contribution in [1.82, 2.24) is 14.9 Å². The van der Waals surface area contributed by atoms with Gasteiger partial charge in [0.15, 0.2) is 0 Å². The van der Waals surface area contributed by atoms with Crippen molar-refractivity contribution in [2.45, 2.75) is 19.1 Å². The van der Waals surface area contributed by atoms with Crippen LogP contribution < -0.4 is 4.90 Å². The summed E-state index contributed by atoms with van der Waals surface area (Å²) in [5.74, 6) is 0.408. The molecule has 2 rings (SSSR count). The molecule has 0 spiro atoms. The first kappa shape index (κ1) is 12.1. The molecule has 0 aromatic carbocycles. The predicted octanol–water partition coefficient (Wildman–Crippen LogP) is 0.751. The number of rotatable bonds is 2. The van der Waals surface area contributed by atoms with Crippen LogP contribution in [-0.2, 0) is 0 Å². The molecule has 1 aliphatic heterocycles. The van der Waals surface area contributed by atoms with Crippen LogP contribution in [0.15, 0.2) is 12.3 Å². The predicted molar refractivity (Wildman–Crippen MR) is 63.0 cm³/mol. The molecule has 7 heteroatoms.